The third-order valence-corrected chi connectivity index (χ3v) is 4.57. The minimum absolute atomic E-state index is 0.0354. The second-order valence-corrected chi connectivity index (χ2v) is 7.81. The van der Waals surface area contributed by atoms with Crippen molar-refractivity contribution in [2.75, 3.05) is 13.1 Å². The van der Waals surface area contributed by atoms with Gasteiger partial charge >= 0.3 is 6.09 Å². The Morgan fingerprint density at radius 2 is 1.80 bits per heavy atom. The lowest BCUT2D eigenvalue weighted by Gasteiger charge is -2.42. The summed E-state index contributed by atoms with van der Waals surface area (Å²) in [4.78, 5) is 23.6. The van der Waals surface area contributed by atoms with Crippen LogP contribution in [0, 0.1) is 0 Å². The number of rotatable bonds is 7. The van der Waals surface area contributed by atoms with Gasteiger partial charge in [0.1, 0.15) is 5.60 Å². The zero-order valence-corrected chi connectivity index (χ0v) is 15.6. The van der Waals surface area contributed by atoms with Crippen LogP contribution in [0.5, 0.6) is 0 Å². The van der Waals surface area contributed by atoms with Gasteiger partial charge in [-0.25, -0.2) is 4.79 Å². The Balaban J connectivity index is 1.66. The van der Waals surface area contributed by atoms with Crippen molar-refractivity contribution in [2.45, 2.75) is 63.9 Å². The maximum absolute atomic E-state index is 12.1. The number of amides is 2. The molecule has 5 heteroatoms. The van der Waals surface area contributed by atoms with Gasteiger partial charge in [-0.1, -0.05) is 36.8 Å². The molecule has 0 aliphatic heterocycles. The number of carbonyl (C=O) groups excluding carboxylic acids is 2. The van der Waals surface area contributed by atoms with Crippen molar-refractivity contribution in [3.05, 3.63) is 35.9 Å². The Labute approximate surface area is 150 Å². The lowest BCUT2D eigenvalue weighted by Crippen LogP contribution is -2.45. The van der Waals surface area contributed by atoms with Crippen molar-refractivity contribution >= 4 is 12.0 Å². The monoisotopic (exact) mass is 346 g/mol. The summed E-state index contributed by atoms with van der Waals surface area (Å²) in [6.45, 7) is 6.59. The molecule has 0 spiro atoms. The first-order valence-corrected chi connectivity index (χ1v) is 9.10. The van der Waals surface area contributed by atoms with Crippen molar-refractivity contribution in [1.82, 2.24) is 10.6 Å². The molecule has 2 N–H and O–H groups in total. The molecule has 2 amide bonds. The number of ether oxygens (including phenoxy) is 1. The van der Waals surface area contributed by atoms with E-state index < -0.39 is 11.7 Å². The van der Waals surface area contributed by atoms with Crippen molar-refractivity contribution < 1.29 is 14.3 Å². The summed E-state index contributed by atoms with van der Waals surface area (Å²) in [6, 6.07) is 10.4. The molecule has 138 valence electrons. The average Bonchev–Trinajstić information content (AvgIpc) is 2.50. The number of hydrogen-bond acceptors (Lipinski definition) is 3. The van der Waals surface area contributed by atoms with Gasteiger partial charge in [0.2, 0.25) is 5.91 Å². The molecule has 5 nitrogen and oxygen atoms in total. The van der Waals surface area contributed by atoms with Gasteiger partial charge in [-0.3, -0.25) is 4.79 Å². The summed E-state index contributed by atoms with van der Waals surface area (Å²) < 4.78 is 5.16. The highest BCUT2D eigenvalue weighted by molar-refractivity contribution is 5.76. The Morgan fingerprint density at radius 3 is 2.36 bits per heavy atom. The van der Waals surface area contributed by atoms with Crippen LogP contribution >= 0.6 is 0 Å². The molecule has 0 unspecified atom stereocenters. The van der Waals surface area contributed by atoms with E-state index in [4.69, 9.17) is 4.74 Å². The number of nitrogens with one attached hydrogen (secondary N) is 2. The fourth-order valence-corrected chi connectivity index (χ4v) is 3.07. The molecular weight excluding hydrogens is 316 g/mol. The predicted molar refractivity (Wildman–Crippen MR) is 98.5 cm³/mol. The van der Waals surface area contributed by atoms with Crippen LogP contribution in [-0.2, 0) is 14.9 Å². The predicted octanol–water partition coefficient (Wildman–Crippen LogP) is 3.53. The minimum atomic E-state index is -0.504. The highest BCUT2D eigenvalue weighted by Gasteiger charge is 2.38. The Bertz CT molecular complexity index is 574. The summed E-state index contributed by atoms with van der Waals surface area (Å²) in [5.41, 5.74) is 0.912. The third kappa shape index (κ3) is 6.07. The van der Waals surface area contributed by atoms with E-state index >= 15 is 0 Å². The maximum Gasteiger partial charge on any atom is 0.407 e. The first-order chi connectivity index (χ1) is 11.8. The molecular formula is C20H30N2O3. The van der Waals surface area contributed by atoms with E-state index in [-0.39, 0.29) is 11.3 Å². The summed E-state index contributed by atoms with van der Waals surface area (Å²) >= 11 is 0. The molecule has 1 fully saturated rings. The van der Waals surface area contributed by atoms with Gasteiger partial charge in [-0.15, -0.1) is 0 Å². The van der Waals surface area contributed by atoms with E-state index in [1.54, 1.807) is 0 Å². The van der Waals surface area contributed by atoms with Crippen LogP contribution in [0.25, 0.3) is 0 Å². The molecule has 0 bridgehead atoms. The SMILES string of the molecule is CC(C)(C)OC(=O)NCCCC(=O)NCC1(c2ccccc2)CCC1. The lowest BCUT2D eigenvalue weighted by molar-refractivity contribution is -0.121. The summed E-state index contributed by atoms with van der Waals surface area (Å²) in [5, 5.41) is 5.74. The summed E-state index contributed by atoms with van der Waals surface area (Å²) in [5.74, 6) is 0.0354. The van der Waals surface area contributed by atoms with Crippen molar-refractivity contribution in [1.29, 1.82) is 0 Å². The van der Waals surface area contributed by atoms with Gasteiger partial charge in [0.25, 0.3) is 0 Å². The quantitative estimate of drug-likeness (QED) is 0.742. The number of benzene rings is 1. The van der Waals surface area contributed by atoms with Crippen LogP contribution in [-0.4, -0.2) is 30.7 Å². The van der Waals surface area contributed by atoms with Crippen molar-refractivity contribution in [2.24, 2.45) is 0 Å². The van der Waals surface area contributed by atoms with E-state index in [2.05, 4.69) is 34.9 Å². The van der Waals surface area contributed by atoms with Crippen LogP contribution in [0.4, 0.5) is 4.79 Å². The molecule has 1 aromatic carbocycles. The average molecular weight is 346 g/mol. The molecule has 0 atom stereocenters. The maximum atomic E-state index is 12.1. The van der Waals surface area contributed by atoms with Crippen molar-refractivity contribution in [3.63, 3.8) is 0 Å². The largest absolute Gasteiger partial charge is 0.444 e. The van der Waals surface area contributed by atoms with Gasteiger partial charge in [0.15, 0.2) is 0 Å². The Kier molecular flexibility index (Phi) is 6.45. The van der Waals surface area contributed by atoms with Gasteiger partial charge in [-0.05, 0) is 45.6 Å². The highest BCUT2D eigenvalue weighted by Crippen LogP contribution is 2.43. The number of carbonyl (C=O) groups is 2. The fraction of sp³-hybridized carbons (Fsp3) is 0.600. The van der Waals surface area contributed by atoms with Gasteiger partial charge in [0, 0.05) is 24.9 Å². The van der Waals surface area contributed by atoms with Crippen molar-refractivity contribution in [3.8, 4) is 0 Å². The fourth-order valence-electron chi connectivity index (χ4n) is 3.07. The molecule has 0 aromatic heterocycles. The highest BCUT2D eigenvalue weighted by atomic mass is 16.6. The van der Waals surface area contributed by atoms with E-state index in [1.807, 2.05) is 26.8 Å². The van der Waals surface area contributed by atoms with E-state index in [0.717, 1.165) is 12.8 Å². The van der Waals surface area contributed by atoms with Crippen LogP contribution in [0.3, 0.4) is 0 Å². The topological polar surface area (TPSA) is 67.4 Å². The summed E-state index contributed by atoms with van der Waals surface area (Å²) in [6.07, 6.45) is 4.02. The van der Waals surface area contributed by atoms with Gasteiger partial charge in [-0.2, -0.15) is 0 Å². The number of hydrogen-bond donors (Lipinski definition) is 2. The minimum Gasteiger partial charge on any atom is -0.444 e. The molecule has 25 heavy (non-hydrogen) atoms. The Morgan fingerprint density at radius 1 is 1.12 bits per heavy atom. The van der Waals surface area contributed by atoms with E-state index in [1.165, 1.54) is 12.0 Å². The van der Waals surface area contributed by atoms with Crippen LogP contribution in [0.2, 0.25) is 0 Å². The first kappa shape index (κ1) is 19.3. The molecule has 1 aromatic rings. The van der Waals surface area contributed by atoms with E-state index in [0.29, 0.717) is 25.9 Å². The molecule has 0 saturated heterocycles. The molecule has 0 heterocycles. The van der Waals surface area contributed by atoms with E-state index in [9.17, 15) is 9.59 Å². The second-order valence-electron chi connectivity index (χ2n) is 7.81. The summed E-state index contributed by atoms with van der Waals surface area (Å²) in [7, 11) is 0. The smallest absolute Gasteiger partial charge is 0.407 e. The number of alkyl carbamates (subject to hydrolysis) is 1. The lowest BCUT2D eigenvalue weighted by atomic mass is 9.64. The molecule has 1 saturated carbocycles. The van der Waals surface area contributed by atoms with Crippen LogP contribution < -0.4 is 10.6 Å². The van der Waals surface area contributed by atoms with Gasteiger partial charge < -0.3 is 15.4 Å². The normalized spacial score (nSPS) is 15.8. The third-order valence-electron chi connectivity index (χ3n) is 4.57. The zero-order valence-electron chi connectivity index (χ0n) is 15.6. The molecule has 0 radical (unpaired) electrons. The van der Waals surface area contributed by atoms with Gasteiger partial charge in [0.05, 0.1) is 0 Å². The standard InChI is InChI=1S/C20H30N2O3/c1-19(2,3)25-18(24)21-14-7-11-17(23)22-15-20(12-8-13-20)16-9-5-4-6-10-16/h4-6,9-10H,7-8,11-15H2,1-3H3,(H,21,24)(H,22,23). The van der Waals surface area contributed by atoms with Crippen LogP contribution in [0.1, 0.15) is 58.4 Å². The molecule has 2 rings (SSSR count). The zero-order chi connectivity index (χ0) is 18.3. The second kappa shape index (κ2) is 8.37. The van der Waals surface area contributed by atoms with Crippen LogP contribution in [0.15, 0.2) is 30.3 Å². The molecule has 1 aliphatic rings. The first-order valence-electron chi connectivity index (χ1n) is 9.10. The molecule has 1 aliphatic carbocycles. The Hall–Kier alpha value is -2.04.